The second-order valence-electron chi connectivity index (χ2n) is 5.36. The summed E-state index contributed by atoms with van der Waals surface area (Å²) in [5, 5.41) is 3.44. The summed E-state index contributed by atoms with van der Waals surface area (Å²) in [6, 6.07) is 5.23. The molecule has 0 heterocycles. The van der Waals surface area contributed by atoms with Crippen LogP contribution in [0.5, 0.6) is 0 Å². The van der Waals surface area contributed by atoms with Gasteiger partial charge in [-0.1, -0.05) is 24.4 Å². The second kappa shape index (κ2) is 4.47. The highest BCUT2D eigenvalue weighted by atomic mass is 35.5. The molecular formula is C14H17ClN2O. The Morgan fingerprint density at radius 1 is 1.28 bits per heavy atom. The third-order valence-corrected chi connectivity index (χ3v) is 4.55. The molecule has 3 rings (SSSR count). The van der Waals surface area contributed by atoms with Gasteiger partial charge in [0.1, 0.15) is 0 Å². The second-order valence-corrected chi connectivity index (χ2v) is 5.77. The average Bonchev–Trinajstić information content (AvgIpc) is 3.08. The number of hydrogen-bond donors (Lipinski definition) is 2. The van der Waals surface area contributed by atoms with Crippen molar-refractivity contribution < 1.29 is 4.79 Å². The van der Waals surface area contributed by atoms with Gasteiger partial charge in [0, 0.05) is 11.6 Å². The van der Waals surface area contributed by atoms with Crippen LogP contribution < -0.4 is 11.1 Å². The van der Waals surface area contributed by atoms with Crippen molar-refractivity contribution in [2.75, 3.05) is 11.1 Å². The van der Waals surface area contributed by atoms with Gasteiger partial charge in [-0.3, -0.25) is 4.79 Å². The predicted octanol–water partition coefficient (Wildman–Crippen LogP) is 3.30. The molecule has 1 aromatic rings. The van der Waals surface area contributed by atoms with E-state index < -0.39 is 0 Å². The Labute approximate surface area is 112 Å². The summed E-state index contributed by atoms with van der Waals surface area (Å²) in [4.78, 5) is 12.2. The summed E-state index contributed by atoms with van der Waals surface area (Å²) in [6.07, 6.45) is 4.98. The minimum atomic E-state index is 0.146. The van der Waals surface area contributed by atoms with Crippen LogP contribution in [-0.4, -0.2) is 5.91 Å². The van der Waals surface area contributed by atoms with E-state index in [-0.39, 0.29) is 11.8 Å². The van der Waals surface area contributed by atoms with Gasteiger partial charge in [-0.2, -0.15) is 0 Å². The maximum absolute atomic E-state index is 12.2. The number of rotatable bonds is 2. The molecule has 3 N–H and O–H groups in total. The van der Waals surface area contributed by atoms with E-state index in [0.29, 0.717) is 22.5 Å². The number of carbonyl (C=O) groups is 1. The highest BCUT2D eigenvalue weighted by Gasteiger charge is 2.54. The SMILES string of the molecule is Nc1ccc(NC(=O)C2C3CCCCC32)cc1Cl. The molecule has 0 saturated heterocycles. The van der Waals surface area contributed by atoms with E-state index in [1.54, 1.807) is 18.2 Å². The van der Waals surface area contributed by atoms with Gasteiger partial charge >= 0.3 is 0 Å². The topological polar surface area (TPSA) is 55.1 Å². The molecule has 4 heteroatoms. The predicted molar refractivity (Wildman–Crippen MR) is 73.4 cm³/mol. The van der Waals surface area contributed by atoms with Crippen LogP contribution in [0.25, 0.3) is 0 Å². The van der Waals surface area contributed by atoms with Crippen LogP contribution in [0.1, 0.15) is 25.7 Å². The molecule has 0 aliphatic heterocycles. The highest BCUT2D eigenvalue weighted by Crippen LogP contribution is 2.55. The van der Waals surface area contributed by atoms with E-state index in [4.69, 9.17) is 17.3 Å². The van der Waals surface area contributed by atoms with Crippen molar-refractivity contribution >= 4 is 28.9 Å². The van der Waals surface area contributed by atoms with Gasteiger partial charge in [0.2, 0.25) is 5.91 Å². The number of halogens is 1. The number of nitrogen functional groups attached to an aromatic ring is 1. The summed E-state index contributed by atoms with van der Waals surface area (Å²) in [5.41, 5.74) is 6.92. The number of nitrogens with two attached hydrogens (primary N) is 1. The third kappa shape index (κ3) is 2.07. The normalized spacial score (nSPS) is 29.5. The number of nitrogens with one attached hydrogen (secondary N) is 1. The zero-order valence-electron chi connectivity index (χ0n) is 10.2. The summed E-state index contributed by atoms with van der Waals surface area (Å²) < 4.78 is 0. The monoisotopic (exact) mass is 264 g/mol. The zero-order valence-corrected chi connectivity index (χ0v) is 10.9. The van der Waals surface area contributed by atoms with Gasteiger partial charge in [-0.15, -0.1) is 0 Å². The van der Waals surface area contributed by atoms with Crippen LogP contribution in [-0.2, 0) is 4.79 Å². The molecule has 2 aliphatic carbocycles. The fourth-order valence-electron chi connectivity index (χ4n) is 3.21. The van der Waals surface area contributed by atoms with Gasteiger partial charge in [0.15, 0.2) is 0 Å². The molecule has 2 unspecified atom stereocenters. The van der Waals surface area contributed by atoms with E-state index in [2.05, 4.69) is 5.32 Å². The first kappa shape index (κ1) is 11.8. The fraction of sp³-hybridized carbons (Fsp3) is 0.500. The minimum absolute atomic E-state index is 0.146. The van der Waals surface area contributed by atoms with E-state index in [0.717, 1.165) is 5.69 Å². The van der Waals surface area contributed by atoms with Crippen molar-refractivity contribution in [1.82, 2.24) is 0 Å². The van der Waals surface area contributed by atoms with Crippen LogP contribution >= 0.6 is 11.6 Å². The lowest BCUT2D eigenvalue weighted by Gasteiger charge is -2.06. The molecule has 2 fully saturated rings. The molecule has 0 aromatic heterocycles. The van der Waals surface area contributed by atoms with Crippen molar-refractivity contribution in [2.45, 2.75) is 25.7 Å². The standard InChI is InChI=1S/C14H17ClN2O/c15-11-7-8(5-6-12(11)16)17-14(18)13-9-3-1-2-4-10(9)13/h5-7,9-10,13H,1-4,16H2,(H,17,18). The number of carbonyl (C=O) groups excluding carboxylic acids is 1. The van der Waals surface area contributed by atoms with Gasteiger partial charge in [0.25, 0.3) is 0 Å². The molecule has 1 aromatic carbocycles. The maximum Gasteiger partial charge on any atom is 0.228 e. The Bertz CT molecular complexity index is 477. The lowest BCUT2D eigenvalue weighted by Crippen LogP contribution is -2.15. The lowest BCUT2D eigenvalue weighted by molar-refractivity contribution is -0.117. The Kier molecular flexibility index (Phi) is 2.94. The number of fused-ring (bicyclic) bond motifs is 1. The molecule has 2 aliphatic rings. The highest BCUT2D eigenvalue weighted by molar-refractivity contribution is 6.33. The van der Waals surface area contributed by atoms with Crippen LogP contribution in [0.3, 0.4) is 0 Å². The fourth-order valence-corrected chi connectivity index (χ4v) is 3.39. The molecule has 18 heavy (non-hydrogen) atoms. The van der Waals surface area contributed by atoms with Crippen LogP contribution in [0, 0.1) is 17.8 Å². The van der Waals surface area contributed by atoms with Crippen molar-refractivity contribution in [2.24, 2.45) is 17.8 Å². The van der Waals surface area contributed by atoms with E-state index in [1.807, 2.05) is 0 Å². The number of anilines is 2. The van der Waals surface area contributed by atoms with E-state index in [1.165, 1.54) is 25.7 Å². The van der Waals surface area contributed by atoms with Gasteiger partial charge in [-0.05, 0) is 42.9 Å². The Morgan fingerprint density at radius 2 is 1.94 bits per heavy atom. The van der Waals surface area contributed by atoms with Crippen molar-refractivity contribution in [3.8, 4) is 0 Å². The molecule has 96 valence electrons. The molecule has 0 bridgehead atoms. The average molecular weight is 265 g/mol. The smallest absolute Gasteiger partial charge is 0.228 e. The Balaban J connectivity index is 1.66. The number of benzene rings is 1. The van der Waals surface area contributed by atoms with Gasteiger partial charge in [0.05, 0.1) is 10.7 Å². The quantitative estimate of drug-likeness (QED) is 0.806. The molecule has 3 nitrogen and oxygen atoms in total. The molecule has 0 spiro atoms. The number of amides is 1. The first-order valence-electron chi connectivity index (χ1n) is 6.52. The summed E-state index contributed by atoms with van der Waals surface area (Å²) in [6.45, 7) is 0. The Hall–Kier alpha value is -1.22. The van der Waals surface area contributed by atoms with E-state index in [9.17, 15) is 4.79 Å². The lowest BCUT2D eigenvalue weighted by atomic mass is 10.0. The van der Waals surface area contributed by atoms with Crippen LogP contribution in [0.4, 0.5) is 11.4 Å². The molecular weight excluding hydrogens is 248 g/mol. The summed E-state index contributed by atoms with van der Waals surface area (Å²) in [5.74, 6) is 1.63. The first-order chi connectivity index (χ1) is 8.66. The van der Waals surface area contributed by atoms with Crippen LogP contribution in [0.2, 0.25) is 5.02 Å². The maximum atomic E-state index is 12.2. The molecule has 0 radical (unpaired) electrons. The third-order valence-electron chi connectivity index (χ3n) is 4.23. The van der Waals surface area contributed by atoms with Crippen molar-refractivity contribution in [3.05, 3.63) is 23.2 Å². The first-order valence-corrected chi connectivity index (χ1v) is 6.90. The molecule has 2 saturated carbocycles. The summed E-state index contributed by atoms with van der Waals surface area (Å²) >= 11 is 5.94. The van der Waals surface area contributed by atoms with Crippen molar-refractivity contribution in [1.29, 1.82) is 0 Å². The molecule has 2 atom stereocenters. The zero-order chi connectivity index (χ0) is 12.7. The molecule has 1 amide bonds. The van der Waals surface area contributed by atoms with Gasteiger partial charge < -0.3 is 11.1 Å². The minimum Gasteiger partial charge on any atom is -0.398 e. The van der Waals surface area contributed by atoms with Crippen molar-refractivity contribution in [3.63, 3.8) is 0 Å². The van der Waals surface area contributed by atoms with Gasteiger partial charge in [-0.25, -0.2) is 0 Å². The summed E-state index contributed by atoms with van der Waals surface area (Å²) in [7, 11) is 0. The Morgan fingerprint density at radius 3 is 2.56 bits per heavy atom. The largest absolute Gasteiger partial charge is 0.398 e. The van der Waals surface area contributed by atoms with Crippen LogP contribution in [0.15, 0.2) is 18.2 Å². The van der Waals surface area contributed by atoms with E-state index >= 15 is 0 Å². The number of hydrogen-bond acceptors (Lipinski definition) is 2.